The Bertz CT molecular complexity index is 627. The van der Waals surface area contributed by atoms with Gasteiger partial charge in [-0.15, -0.1) is 0 Å². The average molecular weight is 319 g/mol. The molecule has 1 aromatic carbocycles. The van der Waals surface area contributed by atoms with E-state index in [1.54, 1.807) is 26.0 Å². The van der Waals surface area contributed by atoms with Crippen LogP contribution >= 0.6 is 0 Å². The van der Waals surface area contributed by atoms with E-state index in [0.29, 0.717) is 18.5 Å². The Labute approximate surface area is 134 Å². The third-order valence-electron chi connectivity index (χ3n) is 4.32. The van der Waals surface area contributed by atoms with Crippen molar-refractivity contribution in [3.05, 3.63) is 29.8 Å². The van der Waals surface area contributed by atoms with Gasteiger partial charge in [-0.2, -0.15) is 0 Å². The van der Waals surface area contributed by atoms with Crippen molar-refractivity contribution in [1.29, 1.82) is 0 Å². The number of nitrogens with zero attached hydrogens (tertiary/aromatic N) is 1. The third-order valence-corrected chi connectivity index (χ3v) is 4.32. The van der Waals surface area contributed by atoms with E-state index in [0.717, 1.165) is 5.56 Å². The molecule has 0 spiro atoms. The van der Waals surface area contributed by atoms with Crippen LogP contribution in [0.1, 0.15) is 32.3 Å². The van der Waals surface area contributed by atoms with E-state index in [1.807, 2.05) is 12.1 Å². The van der Waals surface area contributed by atoms with Crippen LogP contribution in [0.4, 0.5) is 5.69 Å². The minimum Gasteiger partial charge on any atom is -0.481 e. The van der Waals surface area contributed by atoms with E-state index in [2.05, 4.69) is 0 Å². The zero-order valence-corrected chi connectivity index (χ0v) is 13.2. The van der Waals surface area contributed by atoms with E-state index in [4.69, 9.17) is 5.11 Å². The molecule has 0 unspecified atom stereocenters. The van der Waals surface area contributed by atoms with Gasteiger partial charge in [0.1, 0.15) is 6.04 Å². The third kappa shape index (κ3) is 3.52. The van der Waals surface area contributed by atoms with Gasteiger partial charge in [0.15, 0.2) is 0 Å². The second-order valence-corrected chi connectivity index (χ2v) is 6.11. The van der Waals surface area contributed by atoms with Gasteiger partial charge in [0.05, 0.1) is 5.92 Å². The molecule has 0 saturated heterocycles. The molecule has 23 heavy (non-hydrogen) atoms. The fourth-order valence-corrected chi connectivity index (χ4v) is 3.02. The summed E-state index contributed by atoms with van der Waals surface area (Å²) in [5.41, 5.74) is 1.56. The molecule has 1 aliphatic heterocycles. The van der Waals surface area contributed by atoms with Crippen molar-refractivity contribution in [1.82, 2.24) is 0 Å². The molecular formula is C17H21NO5. The molecule has 0 fully saturated rings. The lowest BCUT2D eigenvalue weighted by Crippen LogP contribution is -2.50. The lowest BCUT2D eigenvalue weighted by molar-refractivity contribution is -0.143. The Morgan fingerprint density at radius 2 is 1.83 bits per heavy atom. The van der Waals surface area contributed by atoms with Crippen molar-refractivity contribution < 1.29 is 24.6 Å². The van der Waals surface area contributed by atoms with Gasteiger partial charge in [0, 0.05) is 11.6 Å². The molecule has 1 amide bonds. The molecule has 0 aliphatic carbocycles. The molecule has 0 radical (unpaired) electrons. The van der Waals surface area contributed by atoms with Crippen LogP contribution in [0, 0.1) is 11.8 Å². The largest absolute Gasteiger partial charge is 0.481 e. The first-order chi connectivity index (χ1) is 10.8. The number of benzene rings is 1. The van der Waals surface area contributed by atoms with Crippen LogP contribution < -0.4 is 4.90 Å². The highest BCUT2D eigenvalue weighted by Crippen LogP contribution is 2.32. The zero-order chi connectivity index (χ0) is 17.1. The van der Waals surface area contributed by atoms with E-state index in [-0.39, 0.29) is 12.3 Å². The summed E-state index contributed by atoms with van der Waals surface area (Å²) in [6.07, 6.45) is 1.15. The Kier molecular flexibility index (Phi) is 5.03. The highest BCUT2D eigenvalue weighted by molar-refractivity contribution is 6.01. The van der Waals surface area contributed by atoms with Crippen LogP contribution in [0.5, 0.6) is 0 Å². The minimum atomic E-state index is -1.04. The molecule has 0 aromatic heterocycles. The summed E-state index contributed by atoms with van der Waals surface area (Å²) in [5.74, 6) is -3.55. The number of carbonyl (C=O) groups excluding carboxylic acids is 1. The summed E-state index contributed by atoms with van der Waals surface area (Å²) in [4.78, 5) is 36.7. The lowest BCUT2D eigenvalue weighted by Gasteiger charge is -2.36. The number of aliphatic carboxylic acids is 2. The Balaban J connectivity index is 2.31. The molecule has 2 N–H and O–H groups in total. The van der Waals surface area contributed by atoms with Crippen molar-refractivity contribution in [2.75, 3.05) is 4.90 Å². The summed E-state index contributed by atoms with van der Waals surface area (Å²) >= 11 is 0. The minimum absolute atomic E-state index is 0.180. The van der Waals surface area contributed by atoms with E-state index in [9.17, 15) is 19.5 Å². The predicted octanol–water partition coefficient (Wildman–Crippen LogP) is 2.17. The topological polar surface area (TPSA) is 94.9 Å². The molecule has 1 aromatic rings. The van der Waals surface area contributed by atoms with Gasteiger partial charge in [-0.25, -0.2) is 4.79 Å². The summed E-state index contributed by atoms with van der Waals surface area (Å²) in [7, 11) is 0. The number of carboxylic acid groups (broad SMARTS) is 2. The van der Waals surface area contributed by atoms with Gasteiger partial charge >= 0.3 is 11.9 Å². The van der Waals surface area contributed by atoms with Crippen molar-refractivity contribution >= 4 is 23.5 Å². The van der Waals surface area contributed by atoms with Gasteiger partial charge in [0.2, 0.25) is 5.91 Å². The van der Waals surface area contributed by atoms with Crippen molar-refractivity contribution in [3.63, 3.8) is 0 Å². The standard InChI is InChI=1S/C17H21NO5/c1-10(9-11(2)16(20)21)15(19)18-13-6-4-3-5-12(13)7-8-14(18)17(22)23/h3-6,10-11,14H,7-9H2,1-2H3,(H,20,21)(H,22,23)/t10-,11-,14+/m1/s1. The number of carboxylic acids is 2. The first-order valence-electron chi connectivity index (χ1n) is 7.69. The van der Waals surface area contributed by atoms with Gasteiger partial charge < -0.3 is 10.2 Å². The number of para-hydroxylation sites is 1. The Morgan fingerprint density at radius 1 is 1.17 bits per heavy atom. The molecule has 0 bridgehead atoms. The quantitative estimate of drug-likeness (QED) is 0.867. The van der Waals surface area contributed by atoms with Crippen LogP contribution in [0.15, 0.2) is 24.3 Å². The van der Waals surface area contributed by atoms with Gasteiger partial charge in [-0.3, -0.25) is 14.5 Å². The van der Waals surface area contributed by atoms with Crippen LogP contribution in [0.3, 0.4) is 0 Å². The molecular weight excluding hydrogens is 298 g/mol. The normalized spacial score (nSPS) is 19.6. The zero-order valence-electron chi connectivity index (χ0n) is 13.2. The second-order valence-electron chi connectivity index (χ2n) is 6.11. The number of aryl methyl sites for hydroxylation is 1. The molecule has 1 heterocycles. The highest BCUT2D eigenvalue weighted by Gasteiger charge is 2.37. The number of anilines is 1. The molecule has 6 heteroatoms. The van der Waals surface area contributed by atoms with Gasteiger partial charge in [-0.1, -0.05) is 32.0 Å². The maximum Gasteiger partial charge on any atom is 0.326 e. The number of fused-ring (bicyclic) bond motifs is 1. The van der Waals surface area contributed by atoms with E-state index < -0.39 is 29.8 Å². The number of rotatable bonds is 5. The fraction of sp³-hybridized carbons (Fsp3) is 0.471. The number of amides is 1. The summed E-state index contributed by atoms with van der Waals surface area (Å²) in [6, 6.07) is 6.36. The van der Waals surface area contributed by atoms with Crippen LogP contribution in [0.25, 0.3) is 0 Å². The Hall–Kier alpha value is -2.37. The van der Waals surface area contributed by atoms with Crippen molar-refractivity contribution in [2.24, 2.45) is 11.8 Å². The molecule has 0 saturated carbocycles. The number of hydrogen-bond donors (Lipinski definition) is 2. The molecule has 124 valence electrons. The molecule has 2 rings (SSSR count). The maximum atomic E-state index is 12.8. The monoisotopic (exact) mass is 319 g/mol. The van der Waals surface area contributed by atoms with Gasteiger partial charge in [0.25, 0.3) is 0 Å². The van der Waals surface area contributed by atoms with Crippen molar-refractivity contribution in [3.8, 4) is 0 Å². The molecule has 6 nitrogen and oxygen atoms in total. The van der Waals surface area contributed by atoms with Crippen molar-refractivity contribution in [2.45, 2.75) is 39.2 Å². The number of carbonyl (C=O) groups is 3. The first kappa shape index (κ1) is 17.0. The smallest absolute Gasteiger partial charge is 0.326 e. The first-order valence-corrected chi connectivity index (χ1v) is 7.69. The van der Waals surface area contributed by atoms with Crippen LogP contribution in [-0.4, -0.2) is 34.1 Å². The van der Waals surface area contributed by atoms with E-state index in [1.165, 1.54) is 4.90 Å². The summed E-state index contributed by atoms with van der Waals surface area (Å²) in [5, 5.41) is 18.4. The fourth-order valence-electron chi connectivity index (χ4n) is 3.02. The number of hydrogen-bond acceptors (Lipinski definition) is 3. The highest BCUT2D eigenvalue weighted by atomic mass is 16.4. The average Bonchev–Trinajstić information content (AvgIpc) is 2.52. The predicted molar refractivity (Wildman–Crippen MR) is 84.3 cm³/mol. The van der Waals surface area contributed by atoms with E-state index >= 15 is 0 Å². The molecule has 3 atom stereocenters. The Morgan fingerprint density at radius 3 is 2.43 bits per heavy atom. The van der Waals surface area contributed by atoms with Crippen LogP contribution in [-0.2, 0) is 20.8 Å². The second kappa shape index (κ2) is 6.81. The lowest BCUT2D eigenvalue weighted by atomic mass is 9.91. The SMILES string of the molecule is C[C@H](C[C@@H](C)C(=O)N1c2ccccc2CC[C@H]1C(=O)O)C(=O)O. The molecule has 1 aliphatic rings. The van der Waals surface area contributed by atoms with Crippen LogP contribution in [0.2, 0.25) is 0 Å². The summed E-state index contributed by atoms with van der Waals surface area (Å²) in [6.45, 7) is 3.20. The summed E-state index contributed by atoms with van der Waals surface area (Å²) < 4.78 is 0. The maximum absolute atomic E-state index is 12.8. The van der Waals surface area contributed by atoms with Gasteiger partial charge in [-0.05, 0) is 30.9 Å².